The van der Waals surface area contributed by atoms with Crippen LogP contribution in [-0.2, 0) is 10.0 Å². The molecule has 0 unspecified atom stereocenters. The van der Waals surface area contributed by atoms with Crippen LogP contribution in [0.3, 0.4) is 0 Å². The zero-order valence-electron chi connectivity index (χ0n) is 12.0. The Bertz CT molecular complexity index is 458. The van der Waals surface area contributed by atoms with E-state index in [9.17, 15) is 8.42 Å². The molecular formula is C14H24N2O2S. The van der Waals surface area contributed by atoms with Gasteiger partial charge in [0.1, 0.15) is 0 Å². The number of nitrogens with zero attached hydrogens (tertiary/aromatic N) is 1. The maximum Gasteiger partial charge on any atom is 0.212 e. The SMILES string of the molecule is CCCCS(=O)(=O)N[C@@H](CC(C)C)c1cccnc1. The Hall–Kier alpha value is -0.940. The molecule has 0 aliphatic carbocycles. The average Bonchev–Trinajstić information content (AvgIpc) is 2.36. The van der Waals surface area contributed by atoms with Crippen molar-refractivity contribution in [2.75, 3.05) is 5.75 Å². The molecule has 1 rings (SSSR count). The predicted octanol–water partition coefficient (Wildman–Crippen LogP) is 2.89. The highest BCUT2D eigenvalue weighted by Crippen LogP contribution is 2.21. The maximum absolute atomic E-state index is 12.0. The van der Waals surface area contributed by atoms with Gasteiger partial charge in [0.05, 0.1) is 5.75 Å². The van der Waals surface area contributed by atoms with Crippen LogP contribution in [0.25, 0.3) is 0 Å². The summed E-state index contributed by atoms with van der Waals surface area (Å²) in [4.78, 5) is 4.07. The molecule has 1 aromatic rings. The third kappa shape index (κ3) is 6.16. The van der Waals surface area contributed by atoms with Crippen molar-refractivity contribution in [1.82, 2.24) is 9.71 Å². The summed E-state index contributed by atoms with van der Waals surface area (Å²) < 4.78 is 26.9. The van der Waals surface area contributed by atoms with Crippen molar-refractivity contribution in [2.45, 2.75) is 46.1 Å². The second-order valence-corrected chi connectivity index (χ2v) is 7.13. The smallest absolute Gasteiger partial charge is 0.212 e. The summed E-state index contributed by atoms with van der Waals surface area (Å²) in [5.74, 6) is 0.609. The summed E-state index contributed by atoms with van der Waals surface area (Å²) in [5, 5.41) is 0. The van der Waals surface area contributed by atoms with Crippen LogP contribution in [0.15, 0.2) is 24.5 Å². The van der Waals surface area contributed by atoms with Crippen molar-refractivity contribution in [1.29, 1.82) is 0 Å². The summed E-state index contributed by atoms with van der Waals surface area (Å²) in [7, 11) is -3.21. The number of aromatic nitrogens is 1. The minimum atomic E-state index is -3.21. The highest BCUT2D eigenvalue weighted by atomic mass is 32.2. The first-order valence-electron chi connectivity index (χ1n) is 6.84. The summed E-state index contributed by atoms with van der Waals surface area (Å²) in [6.45, 7) is 6.16. The molecular weight excluding hydrogens is 260 g/mol. The molecule has 0 aliphatic heterocycles. The summed E-state index contributed by atoms with van der Waals surface area (Å²) >= 11 is 0. The minimum absolute atomic E-state index is 0.185. The van der Waals surface area contributed by atoms with Gasteiger partial charge < -0.3 is 0 Å². The van der Waals surface area contributed by atoms with E-state index in [4.69, 9.17) is 0 Å². The third-order valence-corrected chi connectivity index (χ3v) is 4.35. The van der Waals surface area contributed by atoms with Gasteiger partial charge in [-0.05, 0) is 30.4 Å². The Kier molecular flexibility index (Phi) is 6.45. The lowest BCUT2D eigenvalue weighted by molar-refractivity contribution is 0.470. The van der Waals surface area contributed by atoms with Gasteiger partial charge in [-0.25, -0.2) is 13.1 Å². The standard InChI is InChI=1S/C14H24N2O2S/c1-4-5-9-19(17,18)16-14(10-12(2)3)13-7-6-8-15-11-13/h6-8,11-12,14,16H,4-5,9-10H2,1-3H3/t14-/m0/s1. The maximum atomic E-state index is 12.0. The van der Waals surface area contributed by atoms with Crippen LogP contribution in [0.1, 0.15) is 51.6 Å². The van der Waals surface area contributed by atoms with E-state index in [1.54, 1.807) is 12.4 Å². The Morgan fingerprint density at radius 3 is 2.63 bits per heavy atom. The fourth-order valence-corrected chi connectivity index (χ4v) is 3.37. The third-order valence-electron chi connectivity index (χ3n) is 2.88. The number of rotatable bonds is 8. The molecule has 1 heterocycles. The molecule has 0 spiro atoms. The van der Waals surface area contributed by atoms with Gasteiger partial charge in [-0.15, -0.1) is 0 Å². The van der Waals surface area contributed by atoms with Crippen LogP contribution in [-0.4, -0.2) is 19.2 Å². The van der Waals surface area contributed by atoms with E-state index in [1.807, 2.05) is 19.1 Å². The summed E-state index contributed by atoms with van der Waals surface area (Å²) in [5.41, 5.74) is 0.927. The molecule has 0 amide bonds. The van der Waals surface area contributed by atoms with E-state index >= 15 is 0 Å². The molecule has 0 saturated carbocycles. The van der Waals surface area contributed by atoms with Gasteiger partial charge in [0.2, 0.25) is 10.0 Å². The average molecular weight is 284 g/mol. The quantitative estimate of drug-likeness (QED) is 0.798. The number of sulfonamides is 1. The number of pyridine rings is 1. The molecule has 1 atom stereocenters. The number of nitrogens with one attached hydrogen (secondary N) is 1. The van der Waals surface area contributed by atoms with Crippen LogP contribution in [0, 0.1) is 5.92 Å². The molecule has 0 radical (unpaired) electrons. The molecule has 0 fully saturated rings. The van der Waals surface area contributed by atoms with Gasteiger partial charge in [0.15, 0.2) is 0 Å². The van der Waals surface area contributed by atoms with Gasteiger partial charge in [-0.2, -0.15) is 0 Å². The van der Waals surface area contributed by atoms with Crippen molar-refractivity contribution in [3.63, 3.8) is 0 Å². The van der Waals surface area contributed by atoms with E-state index in [1.165, 1.54) is 0 Å². The molecule has 108 valence electrons. The van der Waals surface area contributed by atoms with Crippen LogP contribution in [0.2, 0.25) is 0 Å². The fourth-order valence-electron chi connectivity index (χ4n) is 1.92. The second-order valence-electron chi connectivity index (χ2n) is 5.26. The summed E-state index contributed by atoms with van der Waals surface area (Å²) in [6.07, 6.45) is 5.77. The van der Waals surface area contributed by atoms with Gasteiger partial charge >= 0.3 is 0 Å². The molecule has 19 heavy (non-hydrogen) atoms. The molecule has 4 nitrogen and oxygen atoms in total. The highest BCUT2D eigenvalue weighted by molar-refractivity contribution is 7.89. The van der Waals surface area contributed by atoms with Gasteiger partial charge in [0.25, 0.3) is 0 Å². The van der Waals surface area contributed by atoms with Crippen molar-refractivity contribution in [3.8, 4) is 0 Å². The van der Waals surface area contributed by atoms with E-state index in [-0.39, 0.29) is 11.8 Å². The van der Waals surface area contributed by atoms with Crippen molar-refractivity contribution in [3.05, 3.63) is 30.1 Å². The monoisotopic (exact) mass is 284 g/mol. The number of hydrogen-bond acceptors (Lipinski definition) is 3. The Labute approximate surface area is 116 Å². The second kappa shape index (κ2) is 7.60. The number of hydrogen-bond donors (Lipinski definition) is 1. The topological polar surface area (TPSA) is 59.1 Å². The van der Waals surface area contributed by atoms with E-state index < -0.39 is 10.0 Å². The molecule has 1 aromatic heterocycles. The number of unbranched alkanes of at least 4 members (excludes halogenated alkanes) is 1. The lowest BCUT2D eigenvalue weighted by Gasteiger charge is -2.20. The first-order chi connectivity index (χ1) is 8.94. The van der Waals surface area contributed by atoms with Crippen LogP contribution >= 0.6 is 0 Å². The van der Waals surface area contributed by atoms with Crippen molar-refractivity contribution < 1.29 is 8.42 Å². The largest absolute Gasteiger partial charge is 0.264 e. The molecule has 5 heteroatoms. The Balaban J connectivity index is 2.81. The van der Waals surface area contributed by atoms with E-state index in [0.29, 0.717) is 12.3 Å². The van der Waals surface area contributed by atoms with Crippen LogP contribution < -0.4 is 4.72 Å². The Morgan fingerprint density at radius 1 is 1.37 bits per heavy atom. The predicted molar refractivity (Wildman–Crippen MR) is 78.3 cm³/mol. The molecule has 0 saturated heterocycles. The normalized spacial score (nSPS) is 13.7. The van der Waals surface area contributed by atoms with E-state index in [0.717, 1.165) is 18.4 Å². The highest BCUT2D eigenvalue weighted by Gasteiger charge is 2.20. The minimum Gasteiger partial charge on any atom is -0.264 e. The zero-order valence-corrected chi connectivity index (χ0v) is 12.8. The van der Waals surface area contributed by atoms with Crippen LogP contribution in [0.5, 0.6) is 0 Å². The van der Waals surface area contributed by atoms with Gasteiger partial charge in [0, 0.05) is 18.4 Å². The van der Waals surface area contributed by atoms with Crippen LogP contribution in [0.4, 0.5) is 0 Å². The summed E-state index contributed by atoms with van der Waals surface area (Å²) in [6, 6.07) is 3.57. The Morgan fingerprint density at radius 2 is 2.11 bits per heavy atom. The van der Waals surface area contributed by atoms with Gasteiger partial charge in [-0.3, -0.25) is 4.98 Å². The lowest BCUT2D eigenvalue weighted by Crippen LogP contribution is -2.31. The van der Waals surface area contributed by atoms with Gasteiger partial charge in [-0.1, -0.05) is 33.3 Å². The first kappa shape index (κ1) is 16.1. The molecule has 0 aromatic carbocycles. The molecule has 0 aliphatic rings. The zero-order chi connectivity index (χ0) is 14.3. The first-order valence-corrected chi connectivity index (χ1v) is 8.49. The fraction of sp³-hybridized carbons (Fsp3) is 0.643. The van der Waals surface area contributed by atoms with E-state index in [2.05, 4.69) is 23.6 Å². The lowest BCUT2D eigenvalue weighted by atomic mass is 9.99. The van der Waals surface area contributed by atoms with Crippen molar-refractivity contribution >= 4 is 10.0 Å². The van der Waals surface area contributed by atoms with Crippen molar-refractivity contribution in [2.24, 2.45) is 5.92 Å². The molecule has 1 N–H and O–H groups in total. The molecule has 0 bridgehead atoms.